The molecule has 1 N–H and O–H groups in total. The third kappa shape index (κ3) is 3.63. The molecular formula is C20H18F3NO3. The van der Waals surface area contributed by atoms with Gasteiger partial charge in [0.15, 0.2) is 11.5 Å². The van der Waals surface area contributed by atoms with Crippen LogP contribution in [-0.4, -0.2) is 19.6 Å². The number of rotatable bonds is 4. The van der Waals surface area contributed by atoms with Crippen LogP contribution in [0.5, 0.6) is 11.5 Å². The fourth-order valence-corrected chi connectivity index (χ4v) is 2.93. The molecule has 3 rings (SSSR count). The van der Waals surface area contributed by atoms with E-state index in [9.17, 15) is 18.0 Å². The molecule has 0 aliphatic carbocycles. The first-order chi connectivity index (χ1) is 12.7. The van der Waals surface area contributed by atoms with Gasteiger partial charge in [0.05, 0.1) is 19.3 Å². The first kappa shape index (κ1) is 18.8. The van der Waals surface area contributed by atoms with Crippen molar-refractivity contribution in [1.29, 1.82) is 0 Å². The highest BCUT2D eigenvalue weighted by Crippen LogP contribution is 2.39. The Morgan fingerprint density at radius 1 is 1.15 bits per heavy atom. The molecule has 1 heterocycles. The molecule has 1 aliphatic heterocycles. The van der Waals surface area contributed by atoms with Crippen LogP contribution in [0.3, 0.4) is 0 Å². The maximum Gasteiger partial charge on any atom is 0.416 e. The number of aryl methyl sites for hydroxylation is 1. The van der Waals surface area contributed by atoms with E-state index in [1.165, 1.54) is 13.2 Å². The van der Waals surface area contributed by atoms with Gasteiger partial charge >= 0.3 is 6.18 Å². The number of hydrogen-bond acceptors (Lipinski definition) is 3. The average molecular weight is 377 g/mol. The number of amides is 1. The molecule has 0 saturated heterocycles. The molecule has 0 spiro atoms. The molecule has 0 fully saturated rings. The smallest absolute Gasteiger partial charge is 0.416 e. The zero-order valence-corrected chi connectivity index (χ0v) is 15.0. The summed E-state index contributed by atoms with van der Waals surface area (Å²) >= 11 is 0. The van der Waals surface area contributed by atoms with Gasteiger partial charge in [0, 0.05) is 16.8 Å². The zero-order chi connectivity index (χ0) is 19.8. The number of anilines is 1. The van der Waals surface area contributed by atoms with Gasteiger partial charge in [-0.2, -0.15) is 13.2 Å². The van der Waals surface area contributed by atoms with Gasteiger partial charge in [-0.1, -0.05) is 6.07 Å². The second-order valence-corrected chi connectivity index (χ2v) is 6.06. The molecule has 1 amide bonds. The highest BCUT2D eigenvalue weighted by atomic mass is 19.4. The fourth-order valence-electron chi connectivity index (χ4n) is 2.93. The molecule has 0 atom stereocenters. The first-order valence-corrected chi connectivity index (χ1v) is 8.30. The predicted molar refractivity (Wildman–Crippen MR) is 96.8 cm³/mol. The van der Waals surface area contributed by atoms with E-state index in [1.807, 2.05) is 13.8 Å². The molecule has 0 saturated carbocycles. The third-order valence-electron chi connectivity index (χ3n) is 4.28. The summed E-state index contributed by atoms with van der Waals surface area (Å²) in [6.45, 7) is 4.14. The van der Waals surface area contributed by atoms with Gasteiger partial charge in [-0.15, -0.1) is 0 Å². The van der Waals surface area contributed by atoms with Crippen molar-refractivity contribution in [2.45, 2.75) is 20.0 Å². The van der Waals surface area contributed by atoms with Crippen LogP contribution >= 0.6 is 0 Å². The normalized spacial score (nSPS) is 14.9. The van der Waals surface area contributed by atoms with Crippen molar-refractivity contribution < 1.29 is 27.4 Å². The van der Waals surface area contributed by atoms with Gasteiger partial charge in [-0.05, 0) is 55.3 Å². The minimum atomic E-state index is -4.47. The molecule has 0 bridgehead atoms. The summed E-state index contributed by atoms with van der Waals surface area (Å²) in [5.74, 6) is 0.656. The molecule has 142 valence electrons. The summed E-state index contributed by atoms with van der Waals surface area (Å²) < 4.78 is 49.5. The van der Waals surface area contributed by atoms with Gasteiger partial charge in [-0.3, -0.25) is 4.79 Å². The van der Waals surface area contributed by atoms with E-state index >= 15 is 0 Å². The molecule has 0 radical (unpaired) electrons. The van der Waals surface area contributed by atoms with E-state index in [2.05, 4.69) is 5.32 Å². The monoisotopic (exact) mass is 377 g/mol. The maximum absolute atomic E-state index is 12.9. The average Bonchev–Trinajstić information content (AvgIpc) is 2.91. The number of methoxy groups -OCH3 is 1. The fraction of sp³-hybridized carbons (Fsp3) is 0.250. The van der Waals surface area contributed by atoms with Crippen molar-refractivity contribution >= 4 is 23.2 Å². The van der Waals surface area contributed by atoms with Crippen LogP contribution in [0.1, 0.15) is 29.2 Å². The van der Waals surface area contributed by atoms with Crippen LogP contribution in [0.15, 0.2) is 30.3 Å². The quantitative estimate of drug-likeness (QED) is 0.770. The molecule has 2 aromatic rings. The number of ether oxygens (including phenoxy) is 2. The Balaban J connectivity index is 2.07. The Kier molecular flexibility index (Phi) is 4.87. The van der Waals surface area contributed by atoms with Gasteiger partial charge in [0.2, 0.25) is 0 Å². The number of benzene rings is 2. The first-order valence-electron chi connectivity index (χ1n) is 8.30. The Morgan fingerprint density at radius 3 is 2.52 bits per heavy atom. The SMILES string of the molecule is CCOc1cc(/C=C2\C(=O)Nc3cc(C(F)(F)F)ccc32)c(C)cc1OC. The molecule has 2 aromatic carbocycles. The minimum absolute atomic E-state index is 0.150. The summed E-state index contributed by atoms with van der Waals surface area (Å²) in [6, 6.07) is 6.77. The number of carbonyl (C=O) groups excluding carboxylic acids is 1. The number of nitrogens with one attached hydrogen (secondary N) is 1. The zero-order valence-electron chi connectivity index (χ0n) is 15.0. The molecule has 4 nitrogen and oxygen atoms in total. The minimum Gasteiger partial charge on any atom is -0.493 e. The highest BCUT2D eigenvalue weighted by molar-refractivity contribution is 6.35. The van der Waals surface area contributed by atoms with E-state index < -0.39 is 17.6 Å². The van der Waals surface area contributed by atoms with Crippen LogP contribution in [0.25, 0.3) is 11.6 Å². The van der Waals surface area contributed by atoms with Crippen molar-refractivity contribution in [2.75, 3.05) is 19.0 Å². The second kappa shape index (κ2) is 6.98. The molecular weight excluding hydrogens is 359 g/mol. The lowest BCUT2D eigenvalue weighted by molar-refractivity contribution is -0.137. The van der Waals surface area contributed by atoms with Gasteiger partial charge in [0.25, 0.3) is 5.91 Å². The van der Waals surface area contributed by atoms with E-state index in [-0.39, 0.29) is 5.69 Å². The summed E-state index contributed by atoms with van der Waals surface area (Å²) in [4.78, 5) is 12.3. The molecule has 7 heteroatoms. The van der Waals surface area contributed by atoms with Crippen molar-refractivity contribution in [1.82, 2.24) is 0 Å². The molecule has 27 heavy (non-hydrogen) atoms. The Bertz CT molecular complexity index is 933. The Labute approximate surface area is 154 Å². The standard InChI is InChI=1S/C20H18F3NO3/c1-4-27-18-9-12(11(2)7-17(18)26-3)8-15-14-6-5-13(20(21,22)23)10-16(14)24-19(15)25/h5-10H,4H2,1-3H3,(H,24,25)/b15-8-. The Morgan fingerprint density at radius 2 is 1.89 bits per heavy atom. The van der Waals surface area contributed by atoms with Crippen LogP contribution in [0, 0.1) is 6.92 Å². The topological polar surface area (TPSA) is 47.6 Å². The molecule has 1 aliphatic rings. The van der Waals surface area contributed by atoms with Crippen molar-refractivity contribution in [3.63, 3.8) is 0 Å². The van der Waals surface area contributed by atoms with Gasteiger partial charge in [0.1, 0.15) is 0 Å². The maximum atomic E-state index is 12.9. The van der Waals surface area contributed by atoms with Crippen LogP contribution < -0.4 is 14.8 Å². The van der Waals surface area contributed by atoms with E-state index in [4.69, 9.17) is 9.47 Å². The highest BCUT2D eigenvalue weighted by Gasteiger charge is 2.33. The van der Waals surface area contributed by atoms with E-state index in [0.717, 1.165) is 23.3 Å². The van der Waals surface area contributed by atoms with Crippen molar-refractivity contribution in [3.05, 3.63) is 52.6 Å². The van der Waals surface area contributed by atoms with Crippen LogP contribution in [0.2, 0.25) is 0 Å². The predicted octanol–water partition coefficient (Wildman–Crippen LogP) is 4.91. The summed E-state index contributed by atoms with van der Waals surface area (Å²) in [6.07, 6.45) is -2.82. The van der Waals surface area contributed by atoms with Crippen LogP contribution in [0.4, 0.5) is 18.9 Å². The lowest BCUT2D eigenvalue weighted by Crippen LogP contribution is -2.06. The summed E-state index contributed by atoms with van der Waals surface area (Å²) in [5.41, 5.74) is 1.64. The molecule has 0 unspecified atom stereocenters. The second-order valence-electron chi connectivity index (χ2n) is 6.06. The van der Waals surface area contributed by atoms with Crippen LogP contribution in [-0.2, 0) is 11.0 Å². The van der Waals surface area contributed by atoms with Crippen molar-refractivity contribution in [2.24, 2.45) is 0 Å². The number of halogens is 3. The summed E-state index contributed by atoms with van der Waals surface area (Å²) in [5, 5.41) is 2.50. The van der Waals surface area contributed by atoms with Gasteiger partial charge < -0.3 is 14.8 Å². The largest absolute Gasteiger partial charge is 0.493 e. The molecule has 0 aromatic heterocycles. The lowest BCUT2D eigenvalue weighted by Gasteiger charge is -2.12. The third-order valence-corrected chi connectivity index (χ3v) is 4.28. The van der Waals surface area contributed by atoms with E-state index in [1.54, 1.807) is 18.2 Å². The van der Waals surface area contributed by atoms with E-state index in [0.29, 0.717) is 29.2 Å². The lowest BCUT2D eigenvalue weighted by atomic mass is 9.99. The Hall–Kier alpha value is -2.96. The van der Waals surface area contributed by atoms with Gasteiger partial charge in [-0.25, -0.2) is 0 Å². The summed E-state index contributed by atoms with van der Waals surface area (Å²) in [7, 11) is 1.54. The number of alkyl halides is 3. The number of fused-ring (bicyclic) bond motifs is 1. The van der Waals surface area contributed by atoms with Crippen molar-refractivity contribution in [3.8, 4) is 11.5 Å². The number of carbonyl (C=O) groups is 1. The number of hydrogen-bond donors (Lipinski definition) is 1.